The van der Waals surface area contributed by atoms with Gasteiger partial charge in [0.1, 0.15) is 29.4 Å². The molecule has 2 amide bonds. The Bertz CT molecular complexity index is 909. The lowest BCUT2D eigenvalue weighted by molar-refractivity contribution is -0.150. The van der Waals surface area contributed by atoms with Crippen molar-refractivity contribution in [3.8, 4) is 0 Å². The summed E-state index contributed by atoms with van der Waals surface area (Å²) in [7, 11) is 0. The number of nitrogens with one attached hydrogen (secondary N) is 1. The Balaban J connectivity index is 1.80. The van der Waals surface area contributed by atoms with Crippen molar-refractivity contribution in [3.63, 3.8) is 0 Å². The van der Waals surface area contributed by atoms with E-state index in [-0.39, 0.29) is 28.8 Å². The number of allylic oxidation sites excluding steroid dienone is 1. The van der Waals surface area contributed by atoms with Gasteiger partial charge >= 0.3 is 5.97 Å². The molecule has 28 heavy (non-hydrogen) atoms. The van der Waals surface area contributed by atoms with Crippen molar-refractivity contribution < 1.29 is 24.3 Å². The fourth-order valence-corrected chi connectivity index (χ4v) is 4.63. The van der Waals surface area contributed by atoms with Crippen LogP contribution in [0.5, 0.6) is 0 Å². The molecule has 4 N–H and O–H groups in total. The first-order valence-corrected chi connectivity index (χ1v) is 10.1. The largest absolute Gasteiger partial charge is 0.477 e. The molecule has 1 aromatic heterocycles. The average molecular weight is 423 g/mol. The van der Waals surface area contributed by atoms with Crippen molar-refractivity contribution >= 4 is 51.7 Å². The Hall–Kier alpha value is -2.86. The van der Waals surface area contributed by atoms with Crippen molar-refractivity contribution in [1.82, 2.24) is 15.2 Å². The summed E-state index contributed by atoms with van der Waals surface area (Å²) in [6.07, 6.45) is 1.42. The quantitative estimate of drug-likeness (QED) is 0.324. The number of hydrogen-bond acceptors (Lipinski definition) is 9. The van der Waals surface area contributed by atoms with Crippen LogP contribution >= 0.6 is 23.1 Å². The third-order valence-corrected chi connectivity index (χ3v) is 5.97. The first-order chi connectivity index (χ1) is 13.4. The van der Waals surface area contributed by atoms with Gasteiger partial charge in [-0.3, -0.25) is 14.5 Å². The van der Waals surface area contributed by atoms with Gasteiger partial charge in [-0.2, -0.15) is 0 Å². The molecule has 0 radical (unpaired) electrons. The first-order valence-electron chi connectivity index (χ1n) is 8.14. The van der Waals surface area contributed by atoms with Gasteiger partial charge in [0.15, 0.2) is 10.8 Å². The number of anilines is 1. The average Bonchev–Trinajstić information content (AvgIpc) is 3.10. The van der Waals surface area contributed by atoms with Crippen LogP contribution in [0.25, 0.3) is 0 Å². The molecule has 148 valence electrons. The normalized spacial score (nSPS) is 21.7. The second-order valence-electron chi connectivity index (χ2n) is 5.67. The smallest absolute Gasteiger partial charge is 0.352 e. The van der Waals surface area contributed by atoms with Crippen LogP contribution in [0, 0.1) is 0 Å². The molecule has 2 aliphatic heterocycles. The number of β-lactam (4-membered cyclic amide) rings is 1. The minimum atomic E-state index is -1.21. The van der Waals surface area contributed by atoms with E-state index in [1.54, 1.807) is 12.3 Å². The highest BCUT2D eigenvalue weighted by molar-refractivity contribution is 8.00. The van der Waals surface area contributed by atoms with Crippen molar-refractivity contribution in [3.05, 3.63) is 35.0 Å². The fourth-order valence-electron chi connectivity index (χ4n) is 2.74. The first kappa shape index (κ1) is 19.9. The monoisotopic (exact) mass is 423 g/mol. The van der Waals surface area contributed by atoms with E-state index in [2.05, 4.69) is 22.0 Å². The van der Waals surface area contributed by atoms with E-state index in [4.69, 9.17) is 10.6 Å². The standard InChI is InChI=1S/C16H17N5O5S2/c1-3-7-5-27-14-10(13(23)21(14)11(7)15(24)25)19-12(22)9(20-26-4-2)8-6-28-16(17)18-8/h3,6,10,14H,1,4-5H2,2H3,(H2,17,18)(H,19,22)(H,24,25)/b20-9+/t10-,14-/m1/s1. The van der Waals surface area contributed by atoms with E-state index in [0.29, 0.717) is 11.3 Å². The van der Waals surface area contributed by atoms with Crippen LogP contribution in [0.1, 0.15) is 12.6 Å². The van der Waals surface area contributed by atoms with Crippen LogP contribution in [-0.2, 0) is 19.2 Å². The third-order valence-electron chi connectivity index (χ3n) is 4.00. The van der Waals surface area contributed by atoms with Crippen molar-refractivity contribution in [2.75, 3.05) is 18.1 Å². The number of nitrogen functional groups attached to an aromatic ring is 1. The lowest BCUT2D eigenvalue weighted by atomic mass is 10.0. The molecule has 10 nitrogen and oxygen atoms in total. The summed E-state index contributed by atoms with van der Waals surface area (Å²) in [6, 6.07) is -0.888. The lowest BCUT2D eigenvalue weighted by Gasteiger charge is -2.49. The summed E-state index contributed by atoms with van der Waals surface area (Å²) in [4.78, 5) is 47.0. The Kier molecular flexibility index (Phi) is 5.70. The Morgan fingerprint density at radius 1 is 1.61 bits per heavy atom. The van der Waals surface area contributed by atoms with Gasteiger partial charge in [0.2, 0.25) is 0 Å². The molecule has 12 heteroatoms. The molecule has 3 rings (SSSR count). The van der Waals surface area contributed by atoms with Crippen LogP contribution in [0.15, 0.2) is 34.5 Å². The maximum atomic E-state index is 12.7. The number of rotatable bonds is 7. The maximum Gasteiger partial charge on any atom is 0.352 e. The highest BCUT2D eigenvalue weighted by atomic mass is 32.2. The van der Waals surface area contributed by atoms with Gasteiger partial charge in [-0.25, -0.2) is 9.78 Å². The number of oxime groups is 1. The van der Waals surface area contributed by atoms with Crippen LogP contribution in [-0.4, -0.2) is 62.3 Å². The number of nitrogens with zero attached hydrogens (tertiary/aromatic N) is 3. The molecule has 3 heterocycles. The van der Waals surface area contributed by atoms with Gasteiger partial charge in [0, 0.05) is 11.1 Å². The predicted molar refractivity (Wildman–Crippen MR) is 105 cm³/mol. The maximum absolute atomic E-state index is 12.7. The number of thioether (sulfide) groups is 1. The predicted octanol–water partition coefficient (Wildman–Crippen LogP) is 0.391. The molecule has 1 aromatic rings. The summed E-state index contributed by atoms with van der Waals surface area (Å²) < 4.78 is 0. The minimum Gasteiger partial charge on any atom is -0.477 e. The van der Waals surface area contributed by atoms with Gasteiger partial charge in [-0.15, -0.1) is 23.1 Å². The molecule has 2 atom stereocenters. The number of thiazole rings is 1. The number of carboxylic acids is 1. The van der Waals surface area contributed by atoms with Crippen molar-refractivity contribution in [2.24, 2.45) is 5.16 Å². The van der Waals surface area contributed by atoms with E-state index in [1.807, 2.05) is 0 Å². The summed E-state index contributed by atoms with van der Waals surface area (Å²) in [5.41, 5.74) is 6.09. The fraction of sp³-hybridized carbons (Fsp3) is 0.312. The van der Waals surface area contributed by atoms with Gasteiger partial charge < -0.3 is 21.0 Å². The number of fused-ring (bicyclic) bond motifs is 1. The van der Waals surface area contributed by atoms with Crippen molar-refractivity contribution in [1.29, 1.82) is 0 Å². The molecular weight excluding hydrogens is 406 g/mol. The van der Waals surface area contributed by atoms with Crippen molar-refractivity contribution in [2.45, 2.75) is 18.3 Å². The number of nitrogens with two attached hydrogens (primary N) is 1. The van der Waals surface area contributed by atoms with Crippen LogP contribution in [0.3, 0.4) is 0 Å². The zero-order valence-corrected chi connectivity index (χ0v) is 16.4. The van der Waals surface area contributed by atoms with Gasteiger partial charge in [-0.1, -0.05) is 17.8 Å². The summed E-state index contributed by atoms with van der Waals surface area (Å²) in [5.74, 6) is -2.02. The minimum absolute atomic E-state index is 0.107. The third kappa shape index (κ3) is 3.47. The number of aliphatic carboxylic acids is 1. The Labute approximate surface area is 168 Å². The number of aromatic nitrogens is 1. The molecule has 1 fully saturated rings. The zero-order valence-electron chi connectivity index (χ0n) is 14.7. The van der Waals surface area contributed by atoms with Gasteiger partial charge in [0.25, 0.3) is 11.8 Å². The molecule has 0 saturated carbocycles. The molecule has 0 bridgehead atoms. The molecule has 2 aliphatic rings. The molecule has 0 aromatic carbocycles. The second-order valence-corrected chi connectivity index (χ2v) is 7.67. The topological polar surface area (TPSA) is 147 Å². The van der Waals surface area contributed by atoms with Crippen LogP contribution in [0.4, 0.5) is 5.13 Å². The SMILES string of the molecule is C=CC1=C(C(=O)O)N2C(=O)[C@@H](NC(=O)/C(=N/OCC)c3csc(N)n3)[C@H]2SC1. The molecular formula is C16H17N5O5S2. The summed E-state index contributed by atoms with van der Waals surface area (Å²) >= 11 is 2.48. The lowest BCUT2D eigenvalue weighted by Crippen LogP contribution is -2.71. The van der Waals surface area contributed by atoms with E-state index in [1.165, 1.54) is 22.7 Å². The number of carboxylic acid groups (broad SMARTS) is 1. The number of carbonyl (C=O) groups excluding carboxylic acids is 2. The molecule has 0 unspecified atom stereocenters. The van der Waals surface area contributed by atoms with Crippen LogP contribution < -0.4 is 11.1 Å². The summed E-state index contributed by atoms with van der Waals surface area (Å²) in [5, 5.41) is 17.1. The number of amides is 2. The highest BCUT2D eigenvalue weighted by Gasteiger charge is 2.54. The number of hydrogen-bond donors (Lipinski definition) is 3. The van der Waals surface area contributed by atoms with Gasteiger partial charge in [0.05, 0.1) is 0 Å². The molecule has 0 aliphatic carbocycles. The second kappa shape index (κ2) is 8.02. The Morgan fingerprint density at radius 3 is 2.93 bits per heavy atom. The highest BCUT2D eigenvalue weighted by Crippen LogP contribution is 2.40. The van der Waals surface area contributed by atoms with Gasteiger partial charge in [-0.05, 0) is 12.5 Å². The number of carbonyl (C=O) groups is 3. The van der Waals surface area contributed by atoms with E-state index in [9.17, 15) is 19.5 Å². The van der Waals surface area contributed by atoms with E-state index in [0.717, 1.165) is 11.3 Å². The zero-order chi connectivity index (χ0) is 20.4. The van der Waals surface area contributed by atoms with Crippen LogP contribution in [0.2, 0.25) is 0 Å². The molecule has 1 saturated heterocycles. The molecule has 0 spiro atoms. The van der Waals surface area contributed by atoms with E-state index >= 15 is 0 Å². The van der Waals surface area contributed by atoms with E-state index < -0.39 is 29.2 Å². The summed E-state index contributed by atoms with van der Waals surface area (Å²) in [6.45, 7) is 5.54. The Morgan fingerprint density at radius 2 is 2.36 bits per heavy atom.